The molecule has 2 fully saturated rings. The Kier molecular flexibility index (Phi) is 5.87. The van der Waals surface area contributed by atoms with Crippen LogP contribution in [0.3, 0.4) is 0 Å². The molecule has 0 atom stereocenters. The Balaban J connectivity index is 0.00000161. The minimum Gasteiger partial charge on any atom is -0.378 e. The van der Waals surface area contributed by atoms with Gasteiger partial charge in [-0.25, -0.2) is 0 Å². The highest BCUT2D eigenvalue weighted by atomic mass is 127. The standard InChI is InChI=1S/C16H23N3O.HI/c17-15(19-8-10-20-11-9-19)18-13-16(6-7-16)12-14-4-2-1-3-5-14;/h1-5H,6-13H2,(H2,17,18);1H. The summed E-state index contributed by atoms with van der Waals surface area (Å²) in [5.41, 5.74) is 7.86. The third-order valence-electron chi connectivity index (χ3n) is 4.29. The number of benzene rings is 1. The van der Waals surface area contributed by atoms with Gasteiger partial charge < -0.3 is 15.4 Å². The number of rotatable bonds is 4. The van der Waals surface area contributed by atoms with Crippen LogP contribution in [0.25, 0.3) is 0 Å². The van der Waals surface area contributed by atoms with E-state index in [4.69, 9.17) is 10.5 Å². The summed E-state index contributed by atoms with van der Waals surface area (Å²) in [6.07, 6.45) is 3.65. The molecule has 0 aromatic heterocycles. The predicted molar refractivity (Wildman–Crippen MR) is 96.1 cm³/mol. The van der Waals surface area contributed by atoms with Gasteiger partial charge in [-0.3, -0.25) is 4.99 Å². The largest absolute Gasteiger partial charge is 0.378 e. The van der Waals surface area contributed by atoms with Gasteiger partial charge in [0.15, 0.2) is 5.96 Å². The van der Waals surface area contributed by atoms with Crippen LogP contribution in [0.4, 0.5) is 0 Å². The first-order valence-corrected chi connectivity index (χ1v) is 7.44. The predicted octanol–water partition coefficient (Wildman–Crippen LogP) is 2.27. The van der Waals surface area contributed by atoms with E-state index >= 15 is 0 Å². The van der Waals surface area contributed by atoms with Gasteiger partial charge in [0.1, 0.15) is 0 Å². The van der Waals surface area contributed by atoms with Crippen LogP contribution in [0.2, 0.25) is 0 Å². The lowest BCUT2D eigenvalue weighted by molar-refractivity contribution is 0.0674. The molecule has 116 valence electrons. The summed E-state index contributed by atoms with van der Waals surface area (Å²) in [5.74, 6) is 0.688. The molecular weight excluding hydrogens is 377 g/mol. The van der Waals surface area contributed by atoms with E-state index in [0.717, 1.165) is 39.3 Å². The summed E-state index contributed by atoms with van der Waals surface area (Å²) in [7, 11) is 0. The van der Waals surface area contributed by atoms with Crippen molar-refractivity contribution < 1.29 is 4.74 Å². The lowest BCUT2D eigenvalue weighted by Gasteiger charge is -2.28. The van der Waals surface area contributed by atoms with Gasteiger partial charge in [-0.2, -0.15) is 0 Å². The molecule has 0 amide bonds. The molecule has 2 N–H and O–H groups in total. The number of aliphatic imine (C=N–C) groups is 1. The quantitative estimate of drug-likeness (QED) is 0.479. The molecular formula is C16H24IN3O. The second-order valence-corrected chi connectivity index (χ2v) is 5.94. The Morgan fingerprint density at radius 1 is 1.19 bits per heavy atom. The minimum absolute atomic E-state index is 0. The lowest BCUT2D eigenvalue weighted by atomic mass is 9.97. The van der Waals surface area contributed by atoms with E-state index in [1.807, 2.05) is 0 Å². The molecule has 1 aromatic carbocycles. The Labute approximate surface area is 143 Å². The number of guanidine groups is 1. The average Bonchev–Trinajstić information content (AvgIpc) is 3.27. The van der Waals surface area contributed by atoms with Gasteiger partial charge >= 0.3 is 0 Å². The van der Waals surface area contributed by atoms with Crippen LogP contribution in [-0.2, 0) is 11.2 Å². The summed E-state index contributed by atoms with van der Waals surface area (Å²) in [4.78, 5) is 6.77. The SMILES string of the molecule is I.NC(=NCC1(Cc2ccccc2)CC1)N1CCOCC1. The van der Waals surface area contributed by atoms with E-state index in [1.165, 1.54) is 18.4 Å². The van der Waals surface area contributed by atoms with Crippen molar-refractivity contribution in [3.8, 4) is 0 Å². The van der Waals surface area contributed by atoms with Gasteiger partial charge in [-0.05, 0) is 30.2 Å². The molecule has 1 aliphatic carbocycles. The molecule has 1 saturated carbocycles. The van der Waals surface area contributed by atoms with E-state index in [9.17, 15) is 0 Å². The molecule has 4 nitrogen and oxygen atoms in total. The normalized spacial score (nSPS) is 20.8. The van der Waals surface area contributed by atoms with Crippen molar-refractivity contribution in [1.29, 1.82) is 0 Å². The molecule has 5 heteroatoms. The summed E-state index contributed by atoms with van der Waals surface area (Å²) in [5, 5.41) is 0. The fourth-order valence-corrected chi connectivity index (χ4v) is 2.74. The molecule has 21 heavy (non-hydrogen) atoms. The van der Waals surface area contributed by atoms with Gasteiger partial charge in [0, 0.05) is 19.6 Å². The Hall–Kier alpha value is -0.820. The Bertz CT molecular complexity index is 468. The molecule has 1 saturated heterocycles. The van der Waals surface area contributed by atoms with Gasteiger partial charge in [0.25, 0.3) is 0 Å². The lowest BCUT2D eigenvalue weighted by Crippen LogP contribution is -2.45. The highest BCUT2D eigenvalue weighted by Crippen LogP contribution is 2.48. The van der Waals surface area contributed by atoms with Crippen LogP contribution >= 0.6 is 24.0 Å². The van der Waals surface area contributed by atoms with Crippen molar-refractivity contribution in [3.05, 3.63) is 35.9 Å². The molecule has 0 spiro atoms. The second kappa shape index (κ2) is 7.45. The molecule has 1 heterocycles. The van der Waals surface area contributed by atoms with Gasteiger partial charge in [0.2, 0.25) is 0 Å². The second-order valence-electron chi connectivity index (χ2n) is 5.94. The van der Waals surface area contributed by atoms with E-state index in [0.29, 0.717) is 11.4 Å². The van der Waals surface area contributed by atoms with Crippen molar-refractivity contribution in [2.75, 3.05) is 32.8 Å². The number of nitrogens with zero attached hydrogens (tertiary/aromatic N) is 2. The molecule has 0 radical (unpaired) electrons. The number of morpholine rings is 1. The topological polar surface area (TPSA) is 50.8 Å². The summed E-state index contributed by atoms with van der Waals surface area (Å²) < 4.78 is 5.33. The summed E-state index contributed by atoms with van der Waals surface area (Å²) in [6.45, 7) is 4.09. The summed E-state index contributed by atoms with van der Waals surface area (Å²) in [6, 6.07) is 10.7. The maximum Gasteiger partial charge on any atom is 0.191 e. The van der Waals surface area contributed by atoms with Crippen LogP contribution < -0.4 is 5.73 Å². The van der Waals surface area contributed by atoms with Crippen LogP contribution in [-0.4, -0.2) is 43.7 Å². The van der Waals surface area contributed by atoms with Crippen LogP contribution in [0.15, 0.2) is 35.3 Å². The van der Waals surface area contributed by atoms with E-state index in [-0.39, 0.29) is 24.0 Å². The van der Waals surface area contributed by atoms with Crippen molar-refractivity contribution in [1.82, 2.24) is 4.90 Å². The third-order valence-corrected chi connectivity index (χ3v) is 4.29. The fraction of sp³-hybridized carbons (Fsp3) is 0.562. The highest BCUT2D eigenvalue weighted by Gasteiger charge is 2.42. The molecule has 3 rings (SSSR count). The zero-order valence-electron chi connectivity index (χ0n) is 12.3. The number of hydrogen-bond acceptors (Lipinski definition) is 2. The van der Waals surface area contributed by atoms with E-state index < -0.39 is 0 Å². The average molecular weight is 401 g/mol. The smallest absolute Gasteiger partial charge is 0.191 e. The highest BCUT2D eigenvalue weighted by molar-refractivity contribution is 14.0. The minimum atomic E-state index is 0. The first-order chi connectivity index (χ1) is 9.77. The van der Waals surface area contributed by atoms with Crippen LogP contribution in [0.5, 0.6) is 0 Å². The Morgan fingerprint density at radius 3 is 2.48 bits per heavy atom. The Morgan fingerprint density at radius 2 is 1.86 bits per heavy atom. The van der Waals surface area contributed by atoms with Gasteiger partial charge in [-0.15, -0.1) is 24.0 Å². The van der Waals surface area contributed by atoms with Crippen molar-refractivity contribution in [2.24, 2.45) is 16.1 Å². The maximum absolute atomic E-state index is 6.10. The zero-order chi connectivity index (χ0) is 13.8. The number of hydrogen-bond donors (Lipinski definition) is 1. The molecule has 0 unspecified atom stereocenters. The first-order valence-electron chi connectivity index (χ1n) is 7.44. The van der Waals surface area contributed by atoms with Crippen molar-refractivity contribution in [2.45, 2.75) is 19.3 Å². The van der Waals surface area contributed by atoms with Gasteiger partial charge in [-0.1, -0.05) is 30.3 Å². The van der Waals surface area contributed by atoms with Gasteiger partial charge in [0.05, 0.1) is 13.2 Å². The molecule has 0 bridgehead atoms. The maximum atomic E-state index is 6.10. The van der Waals surface area contributed by atoms with E-state index in [1.54, 1.807) is 0 Å². The number of halogens is 1. The molecule has 1 aromatic rings. The monoisotopic (exact) mass is 401 g/mol. The fourth-order valence-electron chi connectivity index (χ4n) is 2.74. The zero-order valence-corrected chi connectivity index (χ0v) is 14.7. The molecule has 2 aliphatic rings. The number of nitrogens with two attached hydrogens (primary N) is 1. The molecule has 1 aliphatic heterocycles. The van der Waals surface area contributed by atoms with Crippen LogP contribution in [0, 0.1) is 5.41 Å². The third kappa shape index (κ3) is 4.57. The number of ether oxygens (including phenoxy) is 1. The van der Waals surface area contributed by atoms with Crippen molar-refractivity contribution >= 4 is 29.9 Å². The van der Waals surface area contributed by atoms with E-state index in [2.05, 4.69) is 40.2 Å². The van der Waals surface area contributed by atoms with Crippen molar-refractivity contribution in [3.63, 3.8) is 0 Å². The van der Waals surface area contributed by atoms with Crippen LogP contribution in [0.1, 0.15) is 18.4 Å². The summed E-state index contributed by atoms with van der Waals surface area (Å²) >= 11 is 0. The first kappa shape index (κ1) is 16.5.